The number of nitrogens with one attached hydrogen (secondary N) is 1. The molecule has 1 aliphatic heterocycles. The van der Waals surface area contributed by atoms with Crippen LogP contribution in [-0.4, -0.2) is 24.2 Å². The van der Waals surface area contributed by atoms with Gasteiger partial charge in [0.05, 0.1) is 0 Å². The molecule has 2 atom stereocenters. The van der Waals surface area contributed by atoms with Gasteiger partial charge >= 0.3 is 0 Å². The highest BCUT2D eigenvalue weighted by molar-refractivity contribution is 5.51. The molecule has 0 aromatic heterocycles. The van der Waals surface area contributed by atoms with Crippen molar-refractivity contribution in [2.24, 2.45) is 5.92 Å². The van der Waals surface area contributed by atoms with Gasteiger partial charge in [0.25, 0.3) is 0 Å². The molecule has 1 N–H and O–H groups in total. The molecule has 1 aromatic carbocycles. The van der Waals surface area contributed by atoms with Crippen molar-refractivity contribution in [3.63, 3.8) is 0 Å². The van der Waals surface area contributed by atoms with Gasteiger partial charge in [0.2, 0.25) is 0 Å². The van der Waals surface area contributed by atoms with Gasteiger partial charge in [-0.05, 0) is 63.1 Å². The van der Waals surface area contributed by atoms with Crippen LogP contribution >= 0.6 is 0 Å². The number of nitrogens with zero attached hydrogens (tertiary/aromatic N) is 1. The number of benzene rings is 1. The fourth-order valence-corrected chi connectivity index (χ4v) is 4.71. The third kappa shape index (κ3) is 3.46. The minimum atomic E-state index is -0.00292. The predicted molar refractivity (Wildman–Crippen MR) is 98.0 cm³/mol. The van der Waals surface area contributed by atoms with Crippen LogP contribution in [-0.2, 0) is 6.42 Å². The van der Waals surface area contributed by atoms with Gasteiger partial charge in [-0.1, -0.05) is 31.7 Å². The van der Waals surface area contributed by atoms with Crippen molar-refractivity contribution >= 4 is 5.69 Å². The topological polar surface area (TPSA) is 15.3 Å². The summed E-state index contributed by atoms with van der Waals surface area (Å²) in [7, 11) is 0. The van der Waals surface area contributed by atoms with Crippen LogP contribution in [0.2, 0.25) is 0 Å². The van der Waals surface area contributed by atoms with Crippen molar-refractivity contribution in [3.05, 3.63) is 29.6 Å². The largest absolute Gasteiger partial charge is 0.365 e. The molecule has 3 fully saturated rings. The maximum atomic E-state index is 14.7. The van der Waals surface area contributed by atoms with Gasteiger partial charge in [0.15, 0.2) is 0 Å². The van der Waals surface area contributed by atoms with E-state index in [1.807, 2.05) is 6.07 Å². The number of hydrogen-bond acceptors (Lipinski definition) is 2. The lowest BCUT2D eigenvalue weighted by atomic mass is 9.83. The standard InChI is InChI=1S/C21H31FN2/c1-21(2)14-24(20-6-4-3-5-19(20)23-21)17-12-11-16(18(22)13-17)10-9-15-7-8-15/h11-13,15,19-20,23H,3-10,14H2,1-2H3/t19-,20?/m0/s1. The van der Waals surface area contributed by atoms with E-state index in [0.717, 1.165) is 36.6 Å². The Labute approximate surface area is 145 Å². The molecule has 3 aliphatic rings. The van der Waals surface area contributed by atoms with Gasteiger partial charge < -0.3 is 10.2 Å². The molecule has 3 heteroatoms. The molecular formula is C21H31FN2. The summed E-state index contributed by atoms with van der Waals surface area (Å²) in [6, 6.07) is 7.07. The Morgan fingerprint density at radius 1 is 1.17 bits per heavy atom. The minimum Gasteiger partial charge on any atom is -0.365 e. The van der Waals surface area contributed by atoms with Gasteiger partial charge in [-0.2, -0.15) is 0 Å². The lowest BCUT2D eigenvalue weighted by molar-refractivity contribution is 0.199. The van der Waals surface area contributed by atoms with Crippen LogP contribution in [0.1, 0.15) is 64.4 Å². The maximum absolute atomic E-state index is 14.7. The van der Waals surface area contributed by atoms with E-state index in [-0.39, 0.29) is 11.4 Å². The van der Waals surface area contributed by atoms with E-state index >= 15 is 0 Å². The van der Waals surface area contributed by atoms with E-state index in [9.17, 15) is 4.39 Å². The van der Waals surface area contributed by atoms with Crippen LogP contribution in [0.15, 0.2) is 18.2 Å². The van der Waals surface area contributed by atoms with Crippen LogP contribution in [0.3, 0.4) is 0 Å². The third-order valence-electron chi connectivity index (χ3n) is 6.16. The van der Waals surface area contributed by atoms with E-state index in [1.165, 1.54) is 38.5 Å². The fraction of sp³-hybridized carbons (Fsp3) is 0.714. The Balaban J connectivity index is 1.54. The van der Waals surface area contributed by atoms with Crippen LogP contribution in [0.25, 0.3) is 0 Å². The number of aryl methyl sites for hydroxylation is 1. The van der Waals surface area contributed by atoms with Crippen molar-refractivity contribution in [1.82, 2.24) is 5.32 Å². The van der Waals surface area contributed by atoms with E-state index in [1.54, 1.807) is 6.07 Å². The van der Waals surface area contributed by atoms with E-state index in [0.29, 0.717) is 12.1 Å². The van der Waals surface area contributed by atoms with Crippen LogP contribution < -0.4 is 10.2 Å². The highest BCUT2D eigenvalue weighted by Gasteiger charge is 2.40. The highest BCUT2D eigenvalue weighted by atomic mass is 19.1. The van der Waals surface area contributed by atoms with Crippen molar-refractivity contribution in [3.8, 4) is 0 Å². The molecule has 0 bridgehead atoms. The molecule has 2 nitrogen and oxygen atoms in total. The molecule has 0 spiro atoms. The molecule has 132 valence electrons. The zero-order chi connectivity index (χ0) is 16.7. The molecule has 1 heterocycles. The van der Waals surface area contributed by atoms with Crippen molar-refractivity contribution < 1.29 is 4.39 Å². The molecular weight excluding hydrogens is 299 g/mol. The quantitative estimate of drug-likeness (QED) is 0.863. The number of fused-ring (bicyclic) bond motifs is 1. The number of anilines is 1. The summed E-state index contributed by atoms with van der Waals surface area (Å²) in [5.41, 5.74) is 2.06. The Morgan fingerprint density at radius 3 is 2.71 bits per heavy atom. The normalized spacial score (nSPS) is 29.4. The Bertz CT molecular complexity index is 594. The second-order valence-corrected chi connectivity index (χ2v) is 8.87. The smallest absolute Gasteiger partial charge is 0.128 e. The van der Waals surface area contributed by atoms with Gasteiger partial charge in [-0.25, -0.2) is 4.39 Å². The minimum absolute atomic E-state index is 0.00292. The molecule has 1 aromatic rings. The fourth-order valence-electron chi connectivity index (χ4n) is 4.71. The molecule has 0 radical (unpaired) electrons. The van der Waals surface area contributed by atoms with Gasteiger partial charge in [0, 0.05) is 29.9 Å². The molecule has 4 rings (SSSR count). The number of halogens is 1. The Hall–Kier alpha value is -1.09. The zero-order valence-corrected chi connectivity index (χ0v) is 15.2. The second-order valence-electron chi connectivity index (χ2n) is 8.87. The van der Waals surface area contributed by atoms with Crippen molar-refractivity contribution in [1.29, 1.82) is 0 Å². The number of piperazine rings is 1. The van der Waals surface area contributed by atoms with Crippen molar-refractivity contribution in [2.75, 3.05) is 11.4 Å². The van der Waals surface area contributed by atoms with Crippen molar-refractivity contribution in [2.45, 2.75) is 82.8 Å². The predicted octanol–water partition coefficient (Wildman–Crippen LogP) is 4.67. The van der Waals surface area contributed by atoms with E-state index in [2.05, 4.69) is 30.1 Å². The summed E-state index contributed by atoms with van der Waals surface area (Å²) < 4.78 is 14.7. The summed E-state index contributed by atoms with van der Waals surface area (Å²) in [6.07, 6.45) is 9.81. The van der Waals surface area contributed by atoms with Crippen LogP contribution in [0.4, 0.5) is 10.1 Å². The van der Waals surface area contributed by atoms with Gasteiger partial charge in [-0.15, -0.1) is 0 Å². The first-order valence-electron chi connectivity index (χ1n) is 9.85. The Kier molecular flexibility index (Phi) is 4.32. The first-order chi connectivity index (χ1) is 11.5. The second kappa shape index (κ2) is 6.33. The van der Waals surface area contributed by atoms with E-state index < -0.39 is 0 Å². The molecule has 1 unspecified atom stereocenters. The van der Waals surface area contributed by atoms with Gasteiger partial charge in [0.1, 0.15) is 5.82 Å². The molecule has 2 saturated carbocycles. The van der Waals surface area contributed by atoms with E-state index in [4.69, 9.17) is 0 Å². The summed E-state index contributed by atoms with van der Waals surface area (Å²) in [5.74, 6) is 0.859. The zero-order valence-electron chi connectivity index (χ0n) is 15.2. The number of rotatable bonds is 4. The lowest BCUT2D eigenvalue weighted by Crippen LogP contribution is -2.67. The number of hydrogen-bond donors (Lipinski definition) is 1. The average Bonchev–Trinajstić information content (AvgIpc) is 3.36. The van der Waals surface area contributed by atoms with Crippen LogP contribution in [0, 0.1) is 11.7 Å². The van der Waals surface area contributed by atoms with Crippen LogP contribution in [0.5, 0.6) is 0 Å². The summed E-state index contributed by atoms with van der Waals surface area (Å²) in [6.45, 7) is 5.49. The first-order valence-corrected chi connectivity index (χ1v) is 9.85. The summed E-state index contributed by atoms with van der Waals surface area (Å²) in [5, 5.41) is 3.82. The molecule has 2 aliphatic carbocycles. The maximum Gasteiger partial charge on any atom is 0.128 e. The summed E-state index contributed by atoms with van der Waals surface area (Å²) >= 11 is 0. The first kappa shape index (κ1) is 16.4. The SMILES string of the molecule is CC1(C)CN(c2ccc(CCC3CC3)c(F)c2)C2CCCC[C@@H]2N1. The Morgan fingerprint density at radius 2 is 1.96 bits per heavy atom. The monoisotopic (exact) mass is 330 g/mol. The highest BCUT2D eigenvalue weighted by Crippen LogP contribution is 2.36. The molecule has 24 heavy (non-hydrogen) atoms. The third-order valence-corrected chi connectivity index (χ3v) is 6.16. The lowest BCUT2D eigenvalue weighted by Gasteiger charge is -2.52. The average molecular weight is 330 g/mol. The molecule has 0 amide bonds. The molecule has 1 saturated heterocycles. The summed E-state index contributed by atoms with van der Waals surface area (Å²) in [4.78, 5) is 2.48. The van der Waals surface area contributed by atoms with Gasteiger partial charge in [-0.3, -0.25) is 0 Å².